The summed E-state index contributed by atoms with van der Waals surface area (Å²) in [5.74, 6) is 0.283. The first-order chi connectivity index (χ1) is 7.81. The Balaban J connectivity index is 1.97. The third kappa shape index (κ3) is 2.75. The van der Waals surface area contributed by atoms with E-state index in [1.54, 1.807) is 0 Å². The Labute approximate surface area is 99.0 Å². The standard InChI is InChI=1S/C13H23N3/c1-15-7-9-16(10-8-15)13-6-4-2-3-5-12(13)11-14/h12-13H,2-10H2,1H3. The summed E-state index contributed by atoms with van der Waals surface area (Å²) in [6.07, 6.45) is 6.25. The van der Waals surface area contributed by atoms with Crippen molar-refractivity contribution in [3.63, 3.8) is 0 Å². The van der Waals surface area contributed by atoms with E-state index >= 15 is 0 Å². The molecule has 0 aromatic heterocycles. The Kier molecular flexibility index (Phi) is 4.20. The Bertz CT molecular complexity index is 250. The zero-order chi connectivity index (χ0) is 11.4. The molecule has 0 N–H and O–H groups in total. The van der Waals surface area contributed by atoms with E-state index < -0.39 is 0 Å². The SMILES string of the molecule is CN1CCN(C2CCCCCC2C#N)CC1. The van der Waals surface area contributed by atoms with Crippen LogP contribution in [0, 0.1) is 17.2 Å². The number of hydrogen-bond acceptors (Lipinski definition) is 3. The third-order valence-electron chi connectivity index (χ3n) is 4.15. The lowest BCUT2D eigenvalue weighted by molar-refractivity contribution is 0.0885. The fourth-order valence-electron chi connectivity index (χ4n) is 3.03. The summed E-state index contributed by atoms with van der Waals surface area (Å²) in [5.41, 5.74) is 0. The van der Waals surface area contributed by atoms with Crippen molar-refractivity contribution in [3.05, 3.63) is 0 Å². The Hall–Kier alpha value is -0.590. The van der Waals surface area contributed by atoms with E-state index in [-0.39, 0.29) is 5.92 Å². The second kappa shape index (κ2) is 5.65. The van der Waals surface area contributed by atoms with Crippen LogP contribution < -0.4 is 0 Å². The molecule has 0 spiro atoms. The molecule has 0 amide bonds. The van der Waals surface area contributed by atoms with Gasteiger partial charge in [0, 0.05) is 32.2 Å². The molecule has 16 heavy (non-hydrogen) atoms. The minimum absolute atomic E-state index is 0.283. The fourth-order valence-corrected chi connectivity index (χ4v) is 3.03. The average Bonchev–Trinajstić information content (AvgIpc) is 2.55. The van der Waals surface area contributed by atoms with Crippen molar-refractivity contribution < 1.29 is 0 Å². The predicted molar refractivity (Wildman–Crippen MR) is 65.0 cm³/mol. The Morgan fingerprint density at radius 2 is 1.69 bits per heavy atom. The number of likely N-dealkylation sites (N-methyl/N-ethyl adjacent to an activating group) is 1. The summed E-state index contributed by atoms with van der Waals surface area (Å²) >= 11 is 0. The van der Waals surface area contributed by atoms with Crippen LogP contribution in [0.15, 0.2) is 0 Å². The van der Waals surface area contributed by atoms with Gasteiger partial charge in [0.25, 0.3) is 0 Å². The van der Waals surface area contributed by atoms with Crippen molar-refractivity contribution in [2.45, 2.75) is 38.1 Å². The lowest BCUT2D eigenvalue weighted by Crippen LogP contribution is -2.50. The monoisotopic (exact) mass is 221 g/mol. The highest BCUT2D eigenvalue weighted by Gasteiger charge is 2.30. The molecule has 2 fully saturated rings. The highest BCUT2D eigenvalue weighted by atomic mass is 15.3. The molecule has 2 rings (SSSR count). The van der Waals surface area contributed by atoms with Crippen molar-refractivity contribution in [1.82, 2.24) is 9.80 Å². The second-order valence-electron chi connectivity index (χ2n) is 5.28. The van der Waals surface area contributed by atoms with Crippen LogP contribution in [-0.2, 0) is 0 Å². The maximum absolute atomic E-state index is 9.28. The van der Waals surface area contributed by atoms with Crippen LogP contribution in [0.3, 0.4) is 0 Å². The van der Waals surface area contributed by atoms with Crippen molar-refractivity contribution in [2.75, 3.05) is 33.2 Å². The largest absolute Gasteiger partial charge is 0.304 e. The summed E-state index contributed by atoms with van der Waals surface area (Å²) < 4.78 is 0. The van der Waals surface area contributed by atoms with Gasteiger partial charge in [-0.15, -0.1) is 0 Å². The van der Waals surface area contributed by atoms with Gasteiger partial charge in [0.2, 0.25) is 0 Å². The van der Waals surface area contributed by atoms with Crippen LogP contribution in [0.5, 0.6) is 0 Å². The van der Waals surface area contributed by atoms with Crippen molar-refractivity contribution in [2.24, 2.45) is 5.92 Å². The van der Waals surface area contributed by atoms with E-state index in [1.165, 1.54) is 25.7 Å². The smallest absolute Gasteiger partial charge is 0.0672 e. The van der Waals surface area contributed by atoms with Gasteiger partial charge in [-0.3, -0.25) is 4.90 Å². The molecule has 90 valence electrons. The van der Waals surface area contributed by atoms with E-state index in [0.717, 1.165) is 32.6 Å². The van der Waals surface area contributed by atoms with Crippen LogP contribution in [-0.4, -0.2) is 49.1 Å². The summed E-state index contributed by atoms with van der Waals surface area (Å²) in [6, 6.07) is 3.09. The van der Waals surface area contributed by atoms with Crippen LogP contribution in [0.4, 0.5) is 0 Å². The summed E-state index contributed by atoms with van der Waals surface area (Å²) in [6.45, 7) is 4.63. The molecule has 1 heterocycles. The van der Waals surface area contributed by atoms with E-state index in [2.05, 4.69) is 22.9 Å². The molecule has 3 heteroatoms. The highest BCUT2D eigenvalue weighted by molar-refractivity contribution is 4.95. The maximum atomic E-state index is 9.28. The van der Waals surface area contributed by atoms with Gasteiger partial charge in [0.15, 0.2) is 0 Å². The molecule has 1 aliphatic carbocycles. The van der Waals surface area contributed by atoms with E-state index in [1.807, 2.05) is 0 Å². The normalized spacial score (nSPS) is 34.2. The topological polar surface area (TPSA) is 30.3 Å². The number of nitriles is 1. The molecule has 1 saturated carbocycles. The molecular formula is C13H23N3. The van der Waals surface area contributed by atoms with Gasteiger partial charge in [-0.05, 0) is 19.9 Å². The molecule has 2 aliphatic rings. The quantitative estimate of drug-likeness (QED) is 0.631. The average molecular weight is 221 g/mol. The lowest BCUT2D eigenvalue weighted by atomic mass is 9.94. The maximum Gasteiger partial charge on any atom is 0.0672 e. The second-order valence-corrected chi connectivity index (χ2v) is 5.28. The number of piperazine rings is 1. The zero-order valence-electron chi connectivity index (χ0n) is 10.4. The summed E-state index contributed by atoms with van der Waals surface area (Å²) in [7, 11) is 2.19. The van der Waals surface area contributed by atoms with Crippen molar-refractivity contribution in [1.29, 1.82) is 5.26 Å². The lowest BCUT2D eigenvalue weighted by Gasteiger charge is -2.39. The Morgan fingerprint density at radius 3 is 2.38 bits per heavy atom. The number of hydrogen-bond donors (Lipinski definition) is 0. The van der Waals surface area contributed by atoms with Crippen LogP contribution >= 0.6 is 0 Å². The van der Waals surface area contributed by atoms with Gasteiger partial charge in [0.05, 0.1) is 12.0 Å². The van der Waals surface area contributed by atoms with Gasteiger partial charge >= 0.3 is 0 Å². The first-order valence-corrected chi connectivity index (χ1v) is 6.63. The van der Waals surface area contributed by atoms with E-state index in [9.17, 15) is 5.26 Å². The Morgan fingerprint density at radius 1 is 1.00 bits per heavy atom. The summed E-state index contributed by atoms with van der Waals surface area (Å²) in [5, 5.41) is 9.28. The molecular weight excluding hydrogens is 198 g/mol. The molecule has 2 atom stereocenters. The van der Waals surface area contributed by atoms with Gasteiger partial charge < -0.3 is 4.90 Å². The van der Waals surface area contributed by atoms with E-state index in [4.69, 9.17) is 0 Å². The first kappa shape index (κ1) is 11.9. The van der Waals surface area contributed by atoms with Crippen LogP contribution in [0.25, 0.3) is 0 Å². The third-order valence-corrected chi connectivity index (χ3v) is 4.15. The molecule has 0 aromatic rings. The minimum Gasteiger partial charge on any atom is -0.304 e. The molecule has 0 radical (unpaired) electrons. The van der Waals surface area contributed by atoms with E-state index in [0.29, 0.717) is 6.04 Å². The first-order valence-electron chi connectivity index (χ1n) is 6.63. The molecule has 0 aromatic carbocycles. The fraction of sp³-hybridized carbons (Fsp3) is 0.923. The molecule has 2 unspecified atom stereocenters. The minimum atomic E-state index is 0.283. The van der Waals surface area contributed by atoms with Gasteiger partial charge in [0.1, 0.15) is 0 Å². The predicted octanol–water partition coefficient (Wildman–Crippen LogP) is 1.71. The summed E-state index contributed by atoms with van der Waals surface area (Å²) in [4.78, 5) is 4.95. The zero-order valence-corrected chi connectivity index (χ0v) is 10.4. The molecule has 1 saturated heterocycles. The van der Waals surface area contributed by atoms with Crippen molar-refractivity contribution in [3.8, 4) is 6.07 Å². The number of nitrogens with zero attached hydrogens (tertiary/aromatic N) is 3. The van der Waals surface area contributed by atoms with Crippen molar-refractivity contribution >= 4 is 0 Å². The molecule has 0 bridgehead atoms. The molecule has 1 aliphatic heterocycles. The van der Waals surface area contributed by atoms with Crippen LogP contribution in [0.1, 0.15) is 32.1 Å². The van der Waals surface area contributed by atoms with Gasteiger partial charge in [-0.2, -0.15) is 5.26 Å². The van der Waals surface area contributed by atoms with Gasteiger partial charge in [-0.25, -0.2) is 0 Å². The van der Waals surface area contributed by atoms with Crippen LogP contribution in [0.2, 0.25) is 0 Å². The highest BCUT2D eigenvalue weighted by Crippen LogP contribution is 2.27. The van der Waals surface area contributed by atoms with Gasteiger partial charge in [-0.1, -0.05) is 19.3 Å². The molecule has 3 nitrogen and oxygen atoms in total. The number of rotatable bonds is 1.